The minimum absolute atomic E-state index is 0. The molecule has 1 aromatic heterocycles. The van der Waals surface area contributed by atoms with Gasteiger partial charge in [-0.1, -0.05) is 23.2 Å². The van der Waals surface area contributed by atoms with Crippen LogP contribution in [0.3, 0.4) is 0 Å². The third-order valence-electron chi connectivity index (χ3n) is 3.34. The first kappa shape index (κ1) is 19.0. The molecule has 0 spiro atoms. The lowest BCUT2D eigenvalue weighted by molar-refractivity contribution is -0.605. The fourth-order valence-corrected chi connectivity index (χ4v) is 2.46. The lowest BCUT2D eigenvalue weighted by atomic mass is 10.1. The minimum Gasteiger partial charge on any atom is -0.619 e. The summed E-state index contributed by atoms with van der Waals surface area (Å²) in [6.45, 7) is 2.71. The SMILES string of the molecule is Cl.[O-][n+]1cccc(C(Cl)=NOCC(O)CN2CCCCC2)c1. The van der Waals surface area contributed by atoms with Gasteiger partial charge in [-0.2, -0.15) is 4.73 Å². The number of aromatic nitrogens is 1. The molecule has 8 heteroatoms. The van der Waals surface area contributed by atoms with Crippen molar-refractivity contribution in [3.8, 4) is 0 Å². The van der Waals surface area contributed by atoms with Crippen molar-refractivity contribution in [1.29, 1.82) is 0 Å². The second kappa shape index (κ2) is 9.84. The summed E-state index contributed by atoms with van der Waals surface area (Å²) in [7, 11) is 0. The van der Waals surface area contributed by atoms with E-state index in [2.05, 4.69) is 10.1 Å². The summed E-state index contributed by atoms with van der Waals surface area (Å²) >= 11 is 5.93. The van der Waals surface area contributed by atoms with Crippen LogP contribution in [0.4, 0.5) is 0 Å². The maximum atomic E-state index is 11.1. The van der Waals surface area contributed by atoms with Crippen molar-refractivity contribution in [2.24, 2.45) is 5.16 Å². The Hall–Kier alpha value is -1.08. The molecule has 6 nitrogen and oxygen atoms in total. The lowest BCUT2D eigenvalue weighted by Gasteiger charge is -2.27. The summed E-state index contributed by atoms with van der Waals surface area (Å²) in [6.07, 6.45) is 5.69. The Kier molecular flexibility index (Phi) is 8.48. The van der Waals surface area contributed by atoms with Crippen LogP contribution in [-0.4, -0.2) is 47.5 Å². The van der Waals surface area contributed by atoms with Crippen LogP contribution in [0.2, 0.25) is 0 Å². The van der Waals surface area contributed by atoms with Crippen LogP contribution in [-0.2, 0) is 4.84 Å². The normalized spacial score (nSPS) is 17.6. The molecular formula is C14H21Cl2N3O3. The Balaban J connectivity index is 0.00000242. The molecule has 1 saturated heterocycles. The van der Waals surface area contributed by atoms with E-state index < -0.39 is 6.10 Å². The van der Waals surface area contributed by atoms with E-state index in [4.69, 9.17) is 16.4 Å². The molecule has 1 atom stereocenters. The number of aliphatic hydroxyl groups is 1. The Labute approximate surface area is 141 Å². The number of halogens is 2. The van der Waals surface area contributed by atoms with Crippen molar-refractivity contribution in [3.05, 3.63) is 35.3 Å². The molecule has 124 valence electrons. The number of likely N-dealkylation sites (tertiary alicyclic amines) is 1. The summed E-state index contributed by atoms with van der Waals surface area (Å²) in [5, 5.41) is 24.8. The molecule has 0 radical (unpaired) electrons. The maximum absolute atomic E-state index is 11.1. The Morgan fingerprint density at radius 1 is 1.45 bits per heavy atom. The van der Waals surface area contributed by atoms with Gasteiger partial charge < -0.3 is 20.1 Å². The van der Waals surface area contributed by atoms with Crippen molar-refractivity contribution in [2.45, 2.75) is 25.4 Å². The number of β-amino-alcohol motifs (C(OH)–C–C–N with tert-alkyl or cyclic N) is 1. The van der Waals surface area contributed by atoms with E-state index in [0.29, 0.717) is 16.8 Å². The molecule has 0 aromatic carbocycles. The summed E-state index contributed by atoms with van der Waals surface area (Å²) in [5.41, 5.74) is 0.472. The Bertz CT molecular complexity index is 482. The van der Waals surface area contributed by atoms with Crippen LogP contribution in [0.5, 0.6) is 0 Å². The van der Waals surface area contributed by atoms with Gasteiger partial charge in [0.1, 0.15) is 12.7 Å². The van der Waals surface area contributed by atoms with Crippen LogP contribution < -0.4 is 4.73 Å². The lowest BCUT2D eigenvalue weighted by Crippen LogP contribution is -2.38. The first-order valence-electron chi connectivity index (χ1n) is 7.10. The Morgan fingerprint density at radius 2 is 2.18 bits per heavy atom. The number of hydrogen-bond acceptors (Lipinski definition) is 5. The monoisotopic (exact) mass is 349 g/mol. The van der Waals surface area contributed by atoms with Gasteiger partial charge in [0.05, 0.1) is 5.56 Å². The van der Waals surface area contributed by atoms with E-state index in [1.54, 1.807) is 12.1 Å². The molecule has 1 N–H and O–H groups in total. The topological polar surface area (TPSA) is 72.0 Å². The van der Waals surface area contributed by atoms with Crippen molar-refractivity contribution in [2.75, 3.05) is 26.2 Å². The standard InChI is InChI=1S/C14H20ClN3O3.ClH/c15-14(12-5-4-8-18(20)9-12)16-21-11-13(19)10-17-6-2-1-3-7-17;/h4-5,8-9,13,19H,1-3,6-7,10-11H2;1H. The second-order valence-electron chi connectivity index (χ2n) is 5.15. The van der Waals surface area contributed by atoms with Gasteiger partial charge in [0.25, 0.3) is 0 Å². The number of nitrogens with zero attached hydrogens (tertiary/aromatic N) is 3. The fourth-order valence-electron chi connectivity index (χ4n) is 2.30. The molecule has 0 aliphatic carbocycles. The molecule has 1 aliphatic rings. The smallest absolute Gasteiger partial charge is 0.190 e. The number of hydrogen-bond donors (Lipinski definition) is 1. The molecule has 1 fully saturated rings. The Morgan fingerprint density at radius 3 is 2.86 bits per heavy atom. The van der Waals surface area contributed by atoms with Crippen LogP contribution >= 0.6 is 24.0 Å². The maximum Gasteiger partial charge on any atom is 0.190 e. The van der Waals surface area contributed by atoms with Gasteiger partial charge >= 0.3 is 0 Å². The van der Waals surface area contributed by atoms with Crippen LogP contribution in [0, 0.1) is 5.21 Å². The van der Waals surface area contributed by atoms with Crippen LogP contribution in [0.15, 0.2) is 29.7 Å². The molecule has 1 unspecified atom stereocenters. The summed E-state index contributed by atoms with van der Waals surface area (Å²) in [6, 6.07) is 3.24. The largest absolute Gasteiger partial charge is 0.619 e. The molecule has 22 heavy (non-hydrogen) atoms. The minimum atomic E-state index is -0.600. The first-order valence-corrected chi connectivity index (χ1v) is 7.48. The number of oxime groups is 1. The summed E-state index contributed by atoms with van der Waals surface area (Å²) in [5.74, 6) is 0. The zero-order valence-corrected chi connectivity index (χ0v) is 13.8. The van der Waals surface area contributed by atoms with Crippen molar-refractivity contribution in [1.82, 2.24) is 4.90 Å². The number of aliphatic hydroxyl groups excluding tert-OH is 1. The zero-order chi connectivity index (χ0) is 15.1. The molecule has 0 saturated carbocycles. The average molecular weight is 350 g/mol. The van der Waals surface area contributed by atoms with Gasteiger partial charge in [-0.3, -0.25) is 0 Å². The molecule has 1 aliphatic heterocycles. The van der Waals surface area contributed by atoms with Gasteiger partial charge in [0.15, 0.2) is 17.6 Å². The molecule has 0 bridgehead atoms. The van der Waals surface area contributed by atoms with E-state index in [0.717, 1.165) is 13.1 Å². The predicted octanol–water partition coefficient (Wildman–Crippen LogP) is 1.51. The van der Waals surface area contributed by atoms with Gasteiger partial charge in [0, 0.05) is 12.6 Å². The van der Waals surface area contributed by atoms with Crippen LogP contribution in [0.1, 0.15) is 24.8 Å². The fraction of sp³-hybridized carbons (Fsp3) is 0.571. The van der Waals surface area contributed by atoms with Gasteiger partial charge in [-0.15, -0.1) is 12.4 Å². The molecule has 0 amide bonds. The van der Waals surface area contributed by atoms with E-state index >= 15 is 0 Å². The summed E-state index contributed by atoms with van der Waals surface area (Å²) < 4.78 is 0.637. The van der Waals surface area contributed by atoms with E-state index in [-0.39, 0.29) is 24.2 Å². The molecule has 2 heterocycles. The number of rotatable bonds is 6. The van der Waals surface area contributed by atoms with Gasteiger partial charge in [-0.05, 0) is 32.0 Å². The van der Waals surface area contributed by atoms with E-state index in [1.165, 1.54) is 31.7 Å². The molecular weight excluding hydrogens is 329 g/mol. The van der Waals surface area contributed by atoms with Crippen LogP contribution in [0.25, 0.3) is 0 Å². The highest BCUT2D eigenvalue weighted by Crippen LogP contribution is 2.09. The second-order valence-corrected chi connectivity index (χ2v) is 5.50. The summed E-state index contributed by atoms with van der Waals surface area (Å²) in [4.78, 5) is 7.28. The first-order chi connectivity index (χ1) is 10.1. The van der Waals surface area contributed by atoms with Crippen molar-refractivity contribution >= 4 is 29.2 Å². The molecule has 1 aromatic rings. The van der Waals surface area contributed by atoms with Crippen molar-refractivity contribution in [3.63, 3.8) is 0 Å². The van der Waals surface area contributed by atoms with Crippen molar-refractivity contribution < 1.29 is 14.7 Å². The zero-order valence-electron chi connectivity index (χ0n) is 12.2. The van der Waals surface area contributed by atoms with Gasteiger partial charge in [0.2, 0.25) is 0 Å². The predicted molar refractivity (Wildman–Crippen MR) is 87.3 cm³/mol. The van der Waals surface area contributed by atoms with E-state index in [1.807, 2.05) is 0 Å². The number of piperidine rings is 1. The highest BCUT2D eigenvalue weighted by molar-refractivity contribution is 6.69. The van der Waals surface area contributed by atoms with Gasteiger partial charge in [-0.25, -0.2) is 0 Å². The number of pyridine rings is 1. The van der Waals surface area contributed by atoms with E-state index in [9.17, 15) is 10.3 Å². The highest BCUT2D eigenvalue weighted by Gasteiger charge is 2.15. The third kappa shape index (κ3) is 6.36. The highest BCUT2D eigenvalue weighted by atomic mass is 35.5. The third-order valence-corrected chi connectivity index (χ3v) is 3.63. The average Bonchev–Trinajstić information content (AvgIpc) is 2.48. The molecule has 2 rings (SSSR count). The quantitative estimate of drug-likeness (QED) is 0.365.